The van der Waals surface area contributed by atoms with Crippen LogP contribution in [0, 0.1) is 5.92 Å². The number of amides is 2. The molecule has 0 unspecified atom stereocenters. The molecule has 3 fully saturated rings. The highest BCUT2D eigenvalue weighted by molar-refractivity contribution is 6.05. The predicted octanol–water partition coefficient (Wildman–Crippen LogP) is 5.94. The lowest BCUT2D eigenvalue weighted by Gasteiger charge is -2.30. The van der Waals surface area contributed by atoms with Gasteiger partial charge in [0.2, 0.25) is 5.91 Å². The van der Waals surface area contributed by atoms with E-state index in [2.05, 4.69) is 81.8 Å². The van der Waals surface area contributed by atoms with E-state index in [4.69, 9.17) is 24.2 Å². The minimum atomic E-state index is -0.903. The highest BCUT2D eigenvalue weighted by Gasteiger charge is 2.52. The van der Waals surface area contributed by atoms with E-state index in [1.165, 1.54) is 13.5 Å². The summed E-state index contributed by atoms with van der Waals surface area (Å²) >= 11 is 0. The molecular formula is C38H43N7O5. The molecule has 2 aromatic heterocycles. The van der Waals surface area contributed by atoms with Gasteiger partial charge in [0.1, 0.15) is 17.7 Å². The number of methoxy groups -OCH3 is 1. The SMILES string of the molecule is COC(=O)N[C@H](C(=O)N1CC2(C[C@H]1c1ncc(-c3ccc(-c4ccc5c(ccc6[nH]c([C@@H]7CCCN7C)nc65)c4)cc3)[nH]1)OCCO2)C(C)C. The fourth-order valence-corrected chi connectivity index (χ4v) is 7.81. The minimum absolute atomic E-state index is 0.166. The number of benzene rings is 3. The molecular weight excluding hydrogens is 634 g/mol. The number of ether oxygens (including phenoxy) is 3. The molecule has 260 valence electrons. The Morgan fingerprint density at radius 1 is 0.980 bits per heavy atom. The lowest BCUT2D eigenvalue weighted by Crippen LogP contribution is -2.52. The summed E-state index contributed by atoms with van der Waals surface area (Å²) in [5.41, 5.74) is 6.14. The van der Waals surface area contributed by atoms with Crippen LogP contribution < -0.4 is 5.32 Å². The van der Waals surface area contributed by atoms with Crippen LogP contribution in [0.5, 0.6) is 0 Å². The van der Waals surface area contributed by atoms with Crippen LogP contribution in [0.3, 0.4) is 0 Å². The molecule has 1 spiro atoms. The summed E-state index contributed by atoms with van der Waals surface area (Å²) in [6, 6.07) is 18.4. The first-order valence-electron chi connectivity index (χ1n) is 17.4. The largest absolute Gasteiger partial charge is 0.453 e. The number of hydrogen-bond donors (Lipinski definition) is 3. The summed E-state index contributed by atoms with van der Waals surface area (Å²) in [7, 11) is 3.46. The maximum atomic E-state index is 13.9. The molecule has 5 aromatic rings. The van der Waals surface area contributed by atoms with E-state index < -0.39 is 24.0 Å². The van der Waals surface area contributed by atoms with Crippen molar-refractivity contribution in [3.05, 3.63) is 72.4 Å². The second-order valence-electron chi connectivity index (χ2n) is 14.1. The minimum Gasteiger partial charge on any atom is -0.453 e. The second kappa shape index (κ2) is 12.8. The zero-order valence-corrected chi connectivity index (χ0v) is 28.9. The van der Waals surface area contributed by atoms with Gasteiger partial charge in [-0.15, -0.1) is 0 Å². The van der Waals surface area contributed by atoms with E-state index in [1.54, 1.807) is 11.1 Å². The van der Waals surface area contributed by atoms with Crippen molar-refractivity contribution in [2.75, 3.05) is 40.5 Å². The number of aromatic amines is 2. The van der Waals surface area contributed by atoms with E-state index >= 15 is 0 Å². The van der Waals surface area contributed by atoms with Crippen molar-refractivity contribution in [1.29, 1.82) is 0 Å². The van der Waals surface area contributed by atoms with Crippen LogP contribution in [0.4, 0.5) is 4.79 Å². The molecule has 3 aliphatic heterocycles. The molecule has 3 atom stereocenters. The lowest BCUT2D eigenvalue weighted by atomic mass is 9.99. The van der Waals surface area contributed by atoms with E-state index in [-0.39, 0.29) is 18.4 Å². The normalized spacial score (nSPS) is 21.2. The van der Waals surface area contributed by atoms with E-state index in [0.29, 0.717) is 31.5 Å². The first-order valence-corrected chi connectivity index (χ1v) is 17.4. The van der Waals surface area contributed by atoms with Gasteiger partial charge in [-0.25, -0.2) is 14.8 Å². The monoisotopic (exact) mass is 677 g/mol. The van der Waals surface area contributed by atoms with Gasteiger partial charge >= 0.3 is 6.09 Å². The van der Waals surface area contributed by atoms with Gasteiger partial charge in [0.25, 0.3) is 0 Å². The van der Waals surface area contributed by atoms with Gasteiger partial charge in [0.15, 0.2) is 5.79 Å². The first-order chi connectivity index (χ1) is 24.2. The summed E-state index contributed by atoms with van der Waals surface area (Å²) in [5, 5.41) is 5.00. The topological polar surface area (TPSA) is 138 Å². The Labute approximate surface area is 290 Å². The fourth-order valence-electron chi connectivity index (χ4n) is 7.81. The molecule has 3 aromatic carbocycles. The van der Waals surface area contributed by atoms with Crippen LogP contribution in [0.1, 0.15) is 56.8 Å². The van der Waals surface area contributed by atoms with Crippen LogP contribution in [0.2, 0.25) is 0 Å². The third-order valence-corrected chi connectivity index (χ3v) is 10.5. The summed E-state index contributed by atoms with van der Waals surface area (Å²) in [4.78, 5) is 46.9. The molecule has 0 saturated carbocycles. The number of nitrogens with one attached hydrogen (secondary N) is 3. The maximum absolute atomic E-state index is 13.9. The van der Waals surface area contributed by atoms with Gasteiger partial charge in [-0.2, -0.15) is 0 Å². The van der Waals surface area contributed by atoms with Crippen molar-refractivity contribution >= 4 is 33.8 Å². The highest BCUT2D eigenvalue weighted by Crippen LogP contribution is 2.43. The molecule has 8 rings (SSSR count). The number of likely N-dealkylation sites (tertiary alicyclic amines) is 2. The van der Waals surface area contributed by atoms with Crippen LogP contribution in [-0.4, -0.2) is 94.0 Å². The van der Waals surface area contributed by atoms with Crippen molar-refractivity contribution in [2.24, 2.45) is 5.92 Å². The number of carbonyl (C=O) groups is 2. The molecule has 0 bridgehead atoms. The third kappa shape index (κ3) is 5.80. The summed E-state index contributed by atoms with van der Waals surface area (Å²) in [6.45, 7) is 6.04. The number of H-pyrrole nitrogens is 2. The van der Waals surface area contributed by atoms with Gasteiger partial charge in [-0.1, -0.05) is 56.3 Å². The van der Waals surface area contributed by atoms with Crippen molar-refractivity contribution in [3.63, 3.8) is 0 Å². The Morgan fingerprint density at radius 3 is 2.46 bits per heavy atom. The molecule has 3 aliphatic rings. The predicted molar refractivity (Wildman–Crippen MR) is 189 cm³/mol. The molecule has 12 heteroatoms. The summed E-state index contributed by atoms with van der Waals surface area (Å²) in [5.74, 6) is 0.381. The number of carbonyl (C=O) groups excluding carboxylic acids is 2. The Kier molecular flexibility index (Phi) is 8.32. The van der Waals surface area contributed by atoms with Crippen molar-refractivity contribution in [3.8, 4) is 22.4 Å². The highest BCUT2D eigenvalue weighted by atomic mass is 16.7. The molecule has 50 heavy (non-hydrogen) atoms. The molecule has 0 radical (unpaired) electrons. The van der Waals surface area contributed by atoms with Crippen molar-refractivity contribution in [1.82, 2.24) is 35.1 Å². The first kappa shape index (κ1) is 32.4. The van der Waals surface area contributed by atoms with Crippen molar-refractivity contribution in [2.45, 2.75) is 57.0 Å². The van der Waals surface area contributed by atoms with Gasteiger partial charge in [-0.05, 0) is 66.6 Å². The Morgan fingerprint density at radius 2 is 1.74 bits per heavy atom. The Balaban J connectivity index is 1.03. The number of aromatic nitrogens is 4. The van der Waals surface area contributed by atoms with Gasteiger partial charge in [0, 0.05) is 11.8 Å². The smallest absolute Gasteiger partial charge is 0.407 e. The zero-order valence-electron chi connectivity index (χ0n) is 28.9. The van der Waals surface area contributed by atoms with Crippen LogP contribution >= 0.6 is 0 Å². The average Bonchev–Trinajstić information content (AvgIpc) is 3.98. The molecule has 3 saturated heterocycles. The maximum Gasteiger partial charge on any atom is 0.407 e. The van der Waals surface area contributed by atoms with E-state index in [9.17, 15) is 9.59 Å². The molecule has 0 aliphatic carbocycles. The number of imidazole rings is 2. The number of fused-ring (bicyclic) bond motifs is 3. The fraction of sp³-hybridized carbons (Fsp3) is 0.421. The number of hydrogen-bond acceptors (Lipinski definition) is 8. The van der Waals surface area contributed by atoms with Crippen LogP contribution in [-0.2, 0) is 19.0 Å². The summed E-state index contributed by atoms with van der Waals surface area (Å²) in [6.07, 6.45) is 3.90. The standard InChI is InChI=1S/C38H43N7O5/c1-22(2)32(43-37(47)48-4)36(46)45-21-38(49-16-17-50-38)19-31(45)34-39-20-29(41-34)24-9-7-23(8-10-24)25-11-13-27-26(18-25)12-14-28-33(27)42-35(40-28)30-6-5-15-44(30)3/h7-14,18,20,22,30-32H,5-6,15-17,19,21H2,1-4H3,(H,39,41)(H,40,42)(H,43,47)/t30-,31-,32-/m0/s1. The Hall–Kier alpha value is -4.78. The van der Waals surface area contributed by atoms with Gasteiger partial charge in [-0.3, -0.25) is 9.69 Å². The number of nitrogens with zero attached hydrogens (tertiary/aromatic N) is 4. The number of rotatable bonds is 7. The molecule has 12 nitrogen and oxygen atoms in total. The van der Waals surface area contributed by atoms with Gasteiger partial charge in [0.05, 0.1) is 61.9 Å². The van der Waals surface area contributed by atoms with Gasteiger partial charge < -0.3 is 34.4 Å². The molecule has 5 heterocycles. The quantitative estimate of drug-likeness (QED) is 0.193. The Bertz CT molecular complexity index is 2050. The second-order valence-corrected chi connectivity index (χ2v) is 14.1. The summed E-state index contributed by atoms with van der Waals surface area (Å²) < 4.78 is 16.8. The average molecular weight is 678 g/mol. The number of alkyl carbamates (subject to hydrolysis) is 1. The molecule has 3 N–H and O–H groups in total. The third-order valence-electron chi connectivity index (χ3n) is 10.5. The molecule has 2 amide bonds. The van der Waals surface area contributed by atoms with Crippen LogP contribution in [0.15, 0.2) is 60.8 Å². The van der Waals surface area contributed by atoms with E-state index in [0.717, 1.165) is 63.0 Å². The zero-order chi connectivity index (χ0) is 34.6. The van der Waals surface area contributed by atoms with Crippen LogP contribution in [0.25, 0.3) is 44.2 Å². The van der Waals surface area contributed by atoms with E-state index in [1.807, 2.05) is 13.8 Å². The van der Waals surface area contributed by atoms with Crippen molar-refractivity contribution < 1.29 is 23.8 Å². The lowest BCUT2D eigenvalue weighted by molar-refractivity contribution is -0.153.